The van der Waals surface area contributed by atoms with Crippen LogP contribution in [0.4, 0.5) is 0 Å². The summed E-state index contributed by atoms with van der Waals surface area (Å²) in [7, 11) is 33.5. The van der Waals surface area contributed by atoms with Crippen LogP contribution in [0, 0.1) is 0 Å². The molecular formula is C58H72N14S4+4. The molecule has 0 spiro atoms. The molecule has 394 valence electrons. The average Bonchev–Trinajstić information content (AvgIpc) is 4.18. The number of nitrogens with one attached hydrogen (secondary N) is 2. The zero-order valence-electron chi connectivity index (χ0n) is 46.9. The highest BCUT2D eigenvalue weighted by Crippen LogP contribution is 2.42. The van der Waals surface area contributed by atoms with Crippen molar-refractivity contribution in [3.05, 3.63) is 107 Å². The molecule has 4 heterocycles. The molecule has 8 bridgehead atoms. The first-order valence-corrected chi connectivity index (χ1v) is 29.2. The van der Waals surface area contributed by atoms with E-state index in [1.807, 2.05) is 35.3 Å². The van der Waals surface area contributed by atoms with Crippen LogP contribution in [0.1, 0.15) is 22.3 Å². The first-order valence-electron chi connectivity index (χ1n) is 25.2. The van der Waals surface area contributed by atoms with Crippen molar-refractivity contribution in [1.29, 1.82) is 0 Å². The Morgan fingerprint density at radius 1 is 0.382 bits per heavy atom. The zero-order valence-corrected chi connectivity index (χ0v) is 50.2. The van der Waals surface area contributed by atoms with Crippen molar-refractivity contribution in [2.45, 2.75) is 23.0 Å². The lowest BCUT2D eigenvalue weighted by Gasteiger charge is -2.11. The molecule has 0 atom stereocenters. The molecule has 0 radical (unpaired) electrons. The predicted octanol–water partition coefficient (Wildman–Crippen LogP) is 9.77. The largest absolute Gasteiger partial charge is 0.339 e. The lowest BCUT2D eigenvalue weighted by molar-refractivity contribution is -0.466. The maximum atomic E-state index is 5.59. The normalized spacial score (nSPS) is 11.6. The number of hydrogen-bond donors (Lipinski definition) is 2. The molecule has 9 rings (SSSR count). The van der Waals surface area contributed by atoms with Crippen LogP contribution in [0.2, 0.25) is 0 Å². The average molecular weight is 1090 g/mol. The van der Waals surface area contributed by atoms with E-state index in [2.05, 4.69) is 246 Å². The molecule has 4 aromatic carbocycles. The Balaban J connectivity index is 1.31. The molecule has 2 aliphatic rings. The number of rotatable bonds is 8. The minimum atomic E-state index is 0.605. The fourth-order valence-corrected chi connectivity index (χ4v) is 13.9. The maximum absolute atomic E-state index is 5.59. The van der Waals surface area contributed by atoms with Crippen molar-refractivity contribution >= 4 is 112 Å². The monoisotopic (exact) mass is 1090 g/mol. The van der Waals surface area contributed by atoms with Crippen molar-refractivity contribution in [1.82, 2.24) is 49.5 Å². The van der Waals surface area contributed by atoms with Crippen LogP contribution in [0.25, 0.3) is 89.2 Å². The van der Waals surface area contributed by atoms with Crippen molar-refractivity contribution < 1.29 is 18.3 Å². The van der Waals surface area contributed by atoms with Gasteiger partial charge in [0, 0.05) is 66.8 Å². The summed E-state index contributed by atoms with van der Waals surface area (Å²) in [6.07, 6.45) is 0. The first kappa shape index (κ1) is 54.4. The number of aromatic amines is 2. The minimum absolute atomic E-state index is 0.605. The molecule has 7 aromatic rings. The van der Waals surface area contributed by atoms with E-state index in [1.54, 1.807) is 11.8 Å². The molecule has 2 N–H and O–H groups in total. The second kappa shape index (κ2) is 22.7. The van der Waals surface area contributed by atoms with Crippen LogP contribution in [0.5, 0.6) is 0 Å². The number of nitrogens with zero attached hydrogens (tertiary/aromatic N) is 12. The van der Waals surface area contributed by atoms with Gasteiger partial charge in [0.1, 0.15) is 16.9 Å². The number of hydrogen-bond acceptors (Lipinski definition) is 8. The molecule has 18 heteroatoms. The third kappa shape index (κ3) is 11.5. The summed E-state index contributed by atoms with van der Waals surface area (Å²) in [5, 5.41) is 8.82. The molecule has 0 saturated carbocycles. The van der Waals surface area contributed by atoms with E-state index in [0.717, 1.165) is 94.9 Å². The number of fused-ring (bicyclic) bond motifs is 20. The Labute approximate surface area is 464 Å². The SMILES string of the molecule is CN(C)C(SCc1ccc2c(c1)-c1cc-2nc2[nH]c(nc3nc(nc4[nH]c(c1)c1ccc(CSC(N(C)C)=[N+](C)C)cc41)-c1ccc(CSC(N(C)C)=[N+](C)C)cc1-3)c1ccc(CSC(N(C)C)=[N+](C)C)cc21)=[N+](C)C. The van der Waals surface area contributed by atoms with E-state index in [-0.39, 0.29) is 0 Å². The molecule has 1 aliphatic heterocycles. The lowest BCUT2D eigenvalue weighted by atomic mass is 10.0. The molecule has 3 aromatic heterocycles. The fourth-order valence-electron chi connectivity index (χ4n) is 9.91. The number of H-pyrrole nitrogens is 2. The Morgan fingerprint density at radius 3 is 1.26 bits per heavy atom. The Kier molecular flexibility index (Phi) is 16.3. The third-order valence-corrected chi connectivity index (χ3v) is 18.8. The molecule has 14 nitrogen and oxygen atoms in total. The summed E-state index contributed by atoms with van der Waals surface area (Å²) in [6, 6.07) is 31.5. The number of amidine groups is 4. The van der Waals surface area contributed by atoms with E-state index in [1.165, 1.54) is 42.9 Å². The lowest BCUT2D eigenvalue weighted by Crippen LogP contribution is -2.26. The second-order valence-corrected chi connectivity index (χ2v) is 24.7. The van der Waals surface area contributed by atoms with Crippen molar-refractivity contribution in [2.24, 2.45) is 0 Å². The predicted molar refractivity (Wildman–Crippen MR) is 329 cm³/mol. The smallest absolute Gasteiger partial charge is 0.307 e. The van der Waals surface area contributed by atoms with Crippen molar-refractivity contribution in [3.63, 3.8) is 0 Å². The topological polar surface area (TPSA) is 108 Å². The van der Waals surface area contributed by atoms with Gasteiger partial charge < -0.3 is 9.97 Å². The van der Waals surface area contributed by atoms with Gasteiger partial charge in [-0.1, -0.05) is 48.5 Å². The summed E-state index contributed by atoms with van der Waals surface area (Å²) < 4.78 is 8.67. The second-order valence-electron chi connectivity index (χ2n) is 20.9. The van der Waals surface area contributed by atoms with Crippen LogP contribution in [-0.4, -0.2) is 201 Å². The quantitative estimate of drug-likeness (QED) is 0.0860. The van der Waals surface area contributed by atoms with E-state index in [4.69, 9.17) is 19.9 Å². The first-order chi connectivity index (χ1) is 36.2. The van der Waals surface area contributed by atoms with Gasteiger partial charge in [-0.25, -0.2) is 19.9 Å². The van der Waals surface area contributed by atoms with Gasteiger partial charge in [-0.3, -0.25) is 37.9 Å². The van der Waals surface area contributed by atoms with Gasteiger partial charge in [-0.2, -0.15) is 0 Å². The minimum Gasteiger partial charge on any atom is -0.339 e. The molecule has 0 fully saturated rings. The van der Waals surface area contributed by atoms with Gasteiger partial charge in [0.15, 0.2) is 11.6 Å². The Morgan fingerprint density at radius 2 is 0.776 bits per heavy atom. The standard InChI is InChI=1S/C58H72N14S4/c1-65(2)55(66(3)4)73-31-35-17-21-40-44(25-35)39-29-48(40)59-53-46-27-37(33-75-57(69(9)10)70(11)12)19-23-42(46)50(62-53)63-54-47-28-38(34-76-58(71(13)14)72(15)16)20-24-43(47)51(64-54)61-52-45-26-36(18-22-41(45)49(30-39)60-52)32-74-56(67(5)6)68(7)8/h17-30H,31-34H2,1-16H3,(H2,59,60,61,62,63,64)/q+4. The van der Waals surface area contributed by atoms with Crippen molar-refractivity contribution in [3.8, 4) is 45.2 Å². The highest BCUT2D eigenvalue weighted by Gasteiger charge is 2.24. The highest BCUT2D eigenvalue weighted by molar-refractivity contribution is 8.13. The van der Waals surface area contributed by atoms with Crippen LogP contribution < -0.4 is 0 Å². The maximum Gasteiger partial charge on any atom is 0.307 e. The summed E-state index contributed by atoms with van der Waals surface area (Å²) in [5.74, 6) is 4.40. The summed E-state index contributed by atoms with van der Waals surface area (Å²) in [6.45, 7) is 0. The van der Waals surface area contributed by atoms with Gasteiger partial charge in [0.05, 0.1) is 118 Å². The molecule has 0 amide bonds. The summed E-state index contributed by atoms with van der Waals surface area (Å²) in [5.41, 5.74) is 14.0. The molecule has 76 heavy (non-hydrogen) atoms. The van der Waals surface area contributed by atoms with Crippen LogP contribution in [0.3, 0.4) is 0 Å². The molecular weight excluding hydrogens is 1020 g/mol. The van der Waals surface area contributed by atoms with Gasteiger partial charge in [0.2, 0.25) is 0 Å². The Hall–Kier alpha value is -6.34. The summed E-state index contributed by atoms with van der Waals surface area (Å²) in [4.78, 5) is 38.2. The van der Waals surface area contributed by atoms with E-state index in [0.29, 0.717) is 17.3 Å². The fraction of sp³-hybridized carbons (Fsp3) is 0.345. The van der Waals surface area contributed by atoms with E-state index in [9.17, 15) is 0 Å². The van der Waals surface area contributed by atoms with Gasteiger partial charge in [-0.15, -0.1) is 0 Å². The van der Waals surface area contributed by atoms with Crippen LogP contribution in [0.15, 0.2) is 84.9 Å². The Bertz CT molecular complexity index is 3470. The number of thioether (sulfide) groups is 4. The molecule has 1 aliphatic carbocycles. The van der Waals surface area contributed by atoms with Crippen LogP contribution in [-0.2, 0) is 23.0 Å². The number of aromatic nitrogens is 6. The van der Waals surface area contributed by atoms with E-state index >= 15 is 0 Å². The third-order valence-electron chi connectivity index (χ3n) is 13.0. The van der Waals surface area contributed by atoms with Crippen LogP contribution >= 0.6 is 47.0 Å². The molecule has 0 unspecified atom stereocenters. The van der Waals surface area contributed by atoms with E-state index < -0.39 is 0 Å². The van der Waals surface area contributed by atoms with Gasteiger partial charge in [0.25, 0.3) is 0 Å². The molecule has 0 saturated heterocycles. The van der Waals surface area contributed by atoms with Gasteiger partial charge in [-0.05, 0) is 117 Å². The number of benzene rings is 4. The zero-order chi connectivity index (χ0) is 54.3. The van der Waals surface area contributed by atoms with Crippen molar-refractivity contribution in [2.75, 3.05) is 113 Å². The van der Waals surface area contributed by atoms with Gasteiger partial charge >= 0.3 is 20.7 Å². The highest BCUT2D eigenvalue weighted by atomic mass is 32.2. The summed E-state index contributed by atoms with van der Waals surface area (Å²) >= 11 is 7.28.